The van der Waals surface area contributed by atoms with Crippen LogP contribution in [0.1, 0.15) is 30.9 Å². The van der Waals surface area contributed by atoms with Crippen LogP contribution in [-0.4, -0.2) is 38.5 Å². The first-order valence-corrected chi connectivity index (χ1v) is 11.7. The molecular formula is C22H21Br2F2N5O2. The topological polar surface area (TPSA) is 72.0 Å². The highest BCUT2D eigenvalue weighted by molar-refractivity contribution is 9.10. The summed E-state index contributed by atoms with van der Waals surface area (Å²) in [5, 5.41) is 0. The first-order valence-electron chi connectivity index (χ1n) is 10.1. The minimum atomic E-state index is -0.370. The lowest BCUT2D eigenvalue weighted by Gasteiger charge is -2.12. The van der Waals surface area contributed by atoms with Crippen LogP contribution in [0, 0.1) is 11.6 Å². The van der Waals surface area contributed by atoms with E-state index in [9.17, 15) is 18.4 Å². The summed E-state index contributed by atoms with van der Waals surface area (Å²) in [6, 6.07) is 2.70. The molecule has 0 saturated heterocycles. The summed E-state index contributed by atoms with van der Waals surface area (Å²) >= 11 is 6.24. The van der Waals surface area contributed by atoms with Crippen LogP contribution in [0.2, 0.25) is 0 Å². The summed E-state index contributed by atoms with van der Waals surface area (Å²) < 4.78 is 30.9. The molecule has 0 atom stereocenters. The maximum atomic E-state index is 13.4. The van der Waals surface area contributed by atoms with E-state index in [0.717, 1.165) is 29.8 Å². The lowest BCUT2D eigenvalue weighted by atomic mass is 10.2. The number of carbonyl (C=O) groups is 2. The zero-order valence-corrected chi connectivity index (χ0v) is 21.3. The van der Waals surface area contributed by atoms with Gasteiger partial charge < -0.3 is 14.1 Å². The standard InChI is InChI=1S/C11H11BrFN3O.C11H10BrFN2O/c1-3-9-11(15(2)6-17)16-5-7(12)8(13)4-10(16)14-9;1-2-9-10(3-4-16)15-6-7(12)8(13)5-11(15)14-9/h4-6H,3H2,1-2H3;4-6H,2-3H2,1H3. The third kappa shape index (κ3) is 4.98. The van der Waals surface area contributed by atoms with E-state index in [2.05, 4.69) is 41.8 Å². The normalized spacial score (nSPS) is 10.9. The van der Waals surface area contributed by atoms with Gasteiger partial charge in [0.1, 0.15) is 35.0 Å². The summed E-state index contributed by atoms with van der Waals surface area (Å²) in [6.45, 7) is 3.90. The van der Waals surface area contributed by atoms with Crippen molar-refractivity contribution in [3.63, 3.8) is 0 Å². The number of aromatic nitrogens is 4. The number of aryl methyl sites for hydroxylation is 2. The molecule has 0 aliphatic carbocycles. The summed E-state index contributed by atoms with van der Waals surface area (Å²) in [5.74, 6) is -0.0542. The van der Waals surface area contributed by atoms with Gasteiger partial charge in [0.05, 0.1) is 26.0 Å². The van der Waals surface area contributed by atoms with E-state index in [4.69, 9.17) is 0 Å². The zero-order valence-electron chi connectivity index (χ0n) is 18.1. The Bertz CT molecular complexity index is 1340. The fourth-order valence-electron chi connectivity index (χ4n) is 3.45. The molecule has 0 bridgehead atoms. The lowest BCUT2D eigenvalue weighted by molar-refractivity contribution is -0.108. The first kappa shape index (κ1) is 25.0. The van der Waals surface area contributed by atoms with E-state index in [1.54, 1.807) is 28.2 Å². The number of nitrogens with zero attached hydrogens (tertiary/aromatic N) is 5. The van der Waals surface area contributed by atoms with Gasteiger partial charge in [0.2, 0.25) is 6.41 Å². The van der Waals surface area contributed by atoms with Crippen LogP contribution < -0.4 is 4.90 Å². The van der Waals surface area contributed by atoms with Crippen molar-refractivity contribution in [3.8, 4) is 0 Å². The highest BCUT2D eigenvalue weighted by Crippen LogP contribution is 2.25. The average Bonchev–Trinajstić information content (AvgIpc) is 3.32. The van der Waals surface area contributed by atoms with E-state index in [1.165, 1.54) is 17.0 Å². The largest absolute Gasteiger partial charge is 0.303 e. The van der Waals surface area contributed by atoms with Crippen LogP contribution >= 0.6 is 31.9 Å². The average molecular weight is 585 g/mol. The third-order valence-electron chi connectivity index (χ3n) is 4.99. The molecule has 0 unspecified atom stereocenters. The molecular weight excluding hydrogens is 564 g/mol. The molecule has 4 heterocycles. The highest BCUT2D eigenvalue weighted by Gasteiger charge is 2.16. The lowest BCUT2D eigenvalue weighted by Crippen LogP contribution is -2.17. The van der Waals surface area contributed by atoms with E-state index in [1.807, 2.05) is 13.8 Å². The van der Waals surface area contributed by atoms with Crippen molar-refractivity contribution in [2.24, 2.45) is 0 Å². The number of amides is 1. The van der Waals surface area contributed by atoms with Gasteiger partial charge in [-0.25, -0.2) is 18.7 Å². The molecule has 0 saturated carbocycles. The quantitative estimate of drug-likeness (QED) is 0.301. The molecule has 4 aromatic rings. The number of fused-ring (bicyclic) bond motifs is 2. The molecule has 0 fully saturated rings. The number of anilines is 1. The highest BCUT2D eigenvalue weighted by atomic mass is 79.9. The SMILES string of the molecule is CCc1nc2cc(F)c(Br)cn2c1CC=O.CCc1nc2cc(F)c(Br)cn2c1N(C)C=O. The van der Waals surface area contributed by atoms with Crippen molar-refractivity contribution >= 4 is 61.7 Å². The molecule has 0 radical (unpaired) electrons. The predicted octanol–water partition coefficient (Wildman–Crippen LogP) is 4.93. The molecule has 174 valence electrons. The van der Waals surface area contributed by atoms with Gasteiger partial charge in [-0.3, -0.25) is 9.20 Å². The monoisotopic (exact) mass is 583 g/mol. The minimum Gasteiger partial charge on any atom is -0.303 e. The van der Waals surface area contributed by atoms with E-state index in [-0.39, 0.29) is 11.6 Å². The van der Waals surface area contributed by atoms with Crippen molar-refractivity contribution in [1.82, 2.24) is 18.8 Å². The first-order chi connectivity index (χ1) is 15.7. The van der Waals surface area contributed by atoms with Gasteiger partial charge in [0, 0.05) is 38.0 Å². The maximum absolute atomic E-state index is 13.4. The van der Waals surface area contributed by atoms with Crippen LogP contribution in [0.15, 0.2) is 33.5 Å². The van der Waals surface area contributed by atoms with Gasteiger partial charge in [-0.05, 0) is 44.7 Å². The number of imidazole rings is 2. The summed E-state index contributed by atoms with van der Waals surface area (Å²) in [5.41, 5.74) is 3.45. The molecule has 4 aromatic heterocycles. The molecule has 11 heteroatoms. The smallest absolute Gasteiger partial charge is 0.215 e. The zero-order chi connectivity index (χ0) is 24.3. The number of rotatable bonds is 6. The number of carbonyl (C=O) groups excluding carboxylic acids is 2. The Kier molecular flexibility index (Phi) is 7.96. The van der Waals surface area contributed by atoms with Crippen molar-refractivity contribution in [1.29, 1.82) is 0 Å². The fourth-order valence-corrected chi connectivity index (χ4v) is 4.09. The van der Waals surface area contributed by atoms with Crippen molar-refractivity contribution in [2.75, 3.05) is 11.9 Å². The minimum absolute atomic E-state index is 0.294. The van der Waals surface area contributed by atoms with Crippen LogP contribution in [0.25, 0.3) is 11.3 Å². The molecule has 1 amide bonds. The Labute approximate surface area is 205 Å². The Morgan fingerprint density at radius 2 is 1.45 bits per heavy atom. The van der Waals surface area contributed by atoms with Gasteiger partial charge in [0.15, 0.2) is 0 Å². The Morgan fingerprint density at radius 1 is 0.939 bits per heavy atom. The van der Waals surface area contributed by atoms with Gasteiger partial charge in [-0.1, -0.05) is 13.8 Å². The maximum Gasteiger partial charge on any atom is 0.215 e. The van der Waals surface area contributed by atoms with Gasteiger partial charge in [0.25, 0.3) is 0 Å². The number of halogens is 4. The van der Waals surface area contributed by atoms with Crippen LogP contribution in [-0.2, 0) is 28.9 Å². The third-order valence-corrected chi connectivity index (χ3v) is 6.16. The van der Waals surface area contributed by atoms with Crippen LogP contribution in [0.5, 0.6) is 0 Å². The second-order valence-corrected chi connectivity index (χ2v) is 8.79. The van der Waals surface area contributed by atoms with Crippen molar-refractivity contribution < 1.29 is 18.4 Å². The van der Waals surface area contributed by atoms with Gasteiger partial charge >= 0.3 is 0 Å². The second-order valence-electron chi connectivity index (χ2n) is 7.08. The number of aldehydes is 1. The molecule has 4 rings (SSSR count). The predicted molar refractivity (Wildman–Crippen MR) is 129 cm³/mol. The van der Waals surface area contributed by atoms with Crippen molar-refractivity contribution in [3.05, 3.63) is 62.2 Å². The summed E-state index contributed by atoms with van der Waals surface area (Å²) in [7, 11) is 1.65. The number of hydrogen-bond donors (Lipinski definition) is 0. The Balaban J connectivity index is 0.000000186. The van der Waals surface area contributed by atoms with Gasteiger partial charge in [-0.15, -0.1) is 0 Å². The molecule has 0 spiro atoms. The van der Waals surface area contributed by atoms with Crippen LogP contribution in [0.3, 0.4) is 0 Å². The van der Waals surface area contributed by atoms with E-state index < -0.39 is 0 Å². The molecule has 0 aliphatic heterocycles. The fraction of sp³-hybridized carbons (Fsp3) is 0.273. The summed E-state index contributed by atoms with van der Waals surface area (Å²) in [4.78, 5) is 31.5. The molecule has 0 aromatic carbocycles. The van der Waals surface area contributed by atoms with E-state index >= 15 is 0 Å². The molecule has 33 heavy (non-hydrogen) atoms. The second kappa shape index (κ2) is 10.5. The Morgan fingerprint density at radius 3 is 1.97 bits per heavy atom. The van der Waals surface area contributed by atoms with Crippen LogP contribution in [0.4, 0.5) is 14.6 Å². The molecule has 0 aliphatic rings. The Hall–Kier alpha value is -2.66. The molecule has 0 N–H and O–H groups in total. The number of pyridine rings is 2. The number of hydrogen-bond acceptors (Lipinski definition) is 4. The summed E-state index contributed by atoms with van der Waals surface area (Å²) in [6.07, 6.45) is 6.42. The van der Waals surface area contributed by atoms with E-state index in [0.29, 0.717) is 45.3 Å². The van der Waals surface area contributed by atoms with Crippen molar-refractivity contribution in [2.45, 2.75) is 33.1 Å². The molecule has 7 nitrogen and oxygen atoms in total. The van der Waals surface area contributed by atoms with Gasteiger partial charge in [-0.2, -0.15) is 0 Å².